The Hall–Kier alpha value is -2.37. The highest BCUT2D eigenvalue weighted by Gasteiger charge is 2.26. The van der Waals surface area contributed by atoms with Gasteiger partial charge in [-0.05, 0) is 24.1 Å². The van der Waals surface area contributed by atoms with Gasteiger partial charge in [-0.25, -0.2) is 4.79 Å². The molecule has 0 bridgehead atoms. The van der Waals surface area contributed by atoms with Gasteiger partial charge in [0.15, 0.2) is 0 Å². The number of hydrogen-bond donors (Lipinski definition) is 2. The van der Waals surface area contributed by atoms with E-state index in [2.05, 4.69) is 10.6 Å². The standard InChI is InChI=1S/C13H14N2O4/c1-7(2)6-19-13(18)14-8-3-4-9-10(5-8)12(17)15-11(9)16/h3-5,7H,6H2,1-2H3,(H,14,18)(H,15,16,17). The molecule has 1 aromatic carbocycles. The van der Waals surface area contributed by atoms with Crippen LogP contribution in [0.2, 0.25) is 0 Å². The first-order chi connectivity index (χ1) is 8.97. The minimum atomic E-state index is -0.585. The second kappa shape index (κ2) is 5.09. The highest BCUT2D eigenvalue weighted by atomic mass is 16.5. The van der Waals surface area contributed by atoms with E-state index in [1.807, 2.05) is 13.8 Å². The summed E-state index contributed by atoms with van der Waals surface area (Å²) in [5.74, 6) is -0.637. The first-order valence-electron chi connectivity index (χ1n) is 5.91. The van der Waals surface area contributed by atoms with E-state index >= 15 is 0 Å². The summed E-state index contributed by atoms with van der Waals surface area (Å²) in [6, 6.07) is 4.49. The minimum Gasteiger partial charge on any atom is -0.449 e. The van der Waals surface area contributed by atoms with Gasteiger partial charge in [-0.1, -0.05) is 13.8 Å². The maximum atomic E-state index is 11.5. The minimum absolute atomic E-state index is 0.245. The fourth-order valence-electron chi connectivity index (χ4n) is 1.64. The second-order valence-electron chi connectivity index (χ2n) is 4.66. The molecular weight excluding hydrogens is 248 g/mol. The quantitative estimate of drug-likeness (QED) is 0.813. The molecule has 6 nitrogen and oxygen atoms in total. The van der Waals surface area contributed by atoms with E-state index in [1.165, 1.54) is 12.1 Å². The molecule has 0 aromatic heterocycles. The molecule has 19 heavy (non-hydrogen) atoms. The molecule has 0 saturated heterocycles. The number of anilines is 1. The molecular formula is C13H14N2O4. The molecule has 0 radical (unpaired) electrons. The van der Waals surface area contributed by atoms with Gasteiger partial charge in [0.25, 0.3) is 11.8 Å². The monoisotopic (exact) mass is 262 g/mol. The van der Waals surface area contributed by atoms with E-state index in [9.17, 15) is 14.4 Å². The lowest BCUT2D eigenvalue weighted by atomic mass is 10.1. The van der Waals surface area contributed by atoms with Crippen molar-refractivity contribution in [3.05, 3.63) is 29.3 Å². The molecule has 100 valence electrons. The summed E-state index contributed by atoms with van der Waals surface area (Å²) >= 11 is 0. The van der Waals surface area contributed by atoms with E-state index in [0.29, 0.717) is 17.9 Å². The van der Waals surface area contributed by atoms with Crippen molar-refractivity contribution in [2.45, 2.75) is 13.8 Å². The zero-order chi connectivity index (χ0) is 14.0. The number of ether oxygens (including phenoxy) is 1. The van der Waals surface area contributed by atoms with Crippen molar-refractivity contribution in [1.82, 2.24) is 5.32 Å². The molecule has 6 heteroatoms. The van der Waals surface area contributed by atoms with Crippen LogP contribution < -0.4 is 10.6 Å². The Morgan fingerprint density at radius 1 is 1.26 bits per heavy atom. The summed E-state index contributed by atoms with van der Waals surface area (Å²) in [6.45, 7) is 4.17. The Bertz CT molecular complexity index is 552. The Morgan fingerprint density at radius 3 is 2.63 bits per heavy atom. The lowest BCUT2D eigenvalue weighted by Gasteiger charge is -2.09. The SMILES string of the molecule is CC(C)COC(=O)Nc1ccc2c(c1)C(=O)NC2=O. The summed E-state index contributed by atoms with van der Waals surface area (Å²) in [4.78, 5) is 34.3. The summed E-state index contributed by atoms with van der Waals surface area (Å²) in [5, 5.41) is 4.69. The number of carbonyl (C=O) groups is 3. The average Bonchev–Trinajstić information content (AvgIpc) is 2.62. The second-order valence-corrected chi connectivity index (χ2v) is 4.66. The van der Waals surface area contributed by atoms with Crippen LogP contribution in [0.3, 0.4) is 0 Å². The van der Waals surface area contributed by atoms with Crippen molar-refractivity contribution in [2.75, 3.05) is 11.9 Å². The molecule has 0 aliphatic carbocycles. The third-order valence-corrected chi connectivity index (χ3v) is 2.53. The van der Waals surface area contributed by atoms with Crippen LogP contribution >= 0.6 is 0 Å². The fourth-order valence-corrected chi connectivity index (χ4v) is 1.64. The van der Waals surface area contributed by atoms with Gasteiger partial charge in [-0.3, -0.25) is 20.2 Å². The Kier molecular flexibility index (Phi) is 3.50. The number of carbonyl (C=O) groups excluding carboxylic acids is 3. The molecule has 2 rings (SSSR count). The maximum Gasteiger partial charge on any atom is 0.411 e. The third kappa shape index (κ3) is 2.90. The van der Waals surface area contributed by atoms with E-state index in [0.717, 1.165) is 0 Å². The lowest BCUT2D eigenvalue weighted by Crippen LogP contribution is -2.20. The van der Waals surface area contributed by atoms with Gasteiger partial charge < -0.3 is 4.74 Å². The summed E-state index contributed by atoms with van der Waals surface area (Å²) in [6.07, 6.45) is -0.585. The topological polar surface area (TPSA) is 84.5 Å². The van der Waals surface area contributed by atoms with E-state index in [1.54, 1.807) is 6.07 Å². The summed E-state index contributed by atoms with van der Waals surface area (Å²) in [7, 11) is 0. The highest BCUT2D eigenvalue weighted by molar-refractivity contribution is 6.21. The summed E-state index contributed by atoms with van der Waals surface area (Å²) < 4.78 is 4.96. The van der Waals surface area contributed by atoms with Crippen LogP contribution in [0, 0.1) is 5.92 Å². The first kappa shape index (κ1) is 13.1. The van der Waals surface area contributed by atoms with E-state index in [-0.39, 0.29) is 11.5 Å². The average molecular weight is 262 g/mol. The smallest absolute Gasteiger partial charge is 0.411 e. The largest absolute Gasteiger partial charge is 0.449 e. The number of rotatable bonds is 3. The van der Waals surface area contributed by atoms with Gasteiger partial charge in [-0.2, -0.15) is 0 Å². The van der Waals surface area contributed by atoms with Gasteiger partial charge in [0.2, 0.25) is 0 Å². The third-order valence-electron chi connectivity index (χ3n) is 2.53. The first-order valence-corrected chi connectivity index (χ1v) is 5.91. The Labute approximate surface area is 110 Å². The highest BCUT2D eigenvalue weighted by Crippen LogP contribution is 2.20. The molecule has 2 N–H and O–H groups in total. The number of hydrogen-bond acceptors (Lipinski definition) is 4. The molecule has 1 aromatic rings. The predicted octanol–water partition coefficient (Wildman–Crippen LogP) is 1.77. The van der Waals surface area contributed by atoms with Crippen molar-refractivity contribution in [1.29, 1.82) is 0 Å². The molecule has 1 aliphatic heterocycles. The van der Waals surface area contributed by atoms with Gasteiger partial charge in [0.1, 0.15) is 0 Å². The predicted molar refractivity (Wildman–Crippen MR) is 68.0 cm³/mol. The van der Waals surface area contributed by atoms with Crippen LogP contribution in [0.4, 0.5) is 10.5 Å². The zero-order valence-electron chi connectivity index (χ0n) is 10.6. The van der Waals surface area contributed by atoms with Crippen LogP contribution in [-0.2, 0) is 4.74 Å². The van der Waals surface area contributed by atoms with Gasteiger partial charge in [0, 0.05) is 5.69 Å². The van der Waals surface area contributed by atoms with Crippen molar-refractivity contribution in [2.24, 2.45) is 5.92 Å². The van der Waals surface area contributed by atoms with Crippen molar-refractivity contribution in [3.63, 3.8) is 0 Å². The van der Waals surface area contributed by atoms with Crippen LogP contribution in [0.1, 0.15) is 34.6 Å². The van der Waals surface area contributed by atoms with E-state index in [4.69, 9.17) is 4.74 Å². The number of fused-ring (bicyclic) bond motifs is 1. The number of imide groups is 1. The van der Waals surface area contributed by atoms with Crippen molar-refractivity contribution >= 4 is 23.6 Å². The molecule has 0 spiro atoms. The van der Waals surface area contributed by atoms with Crippen LogP contribution in [-0.4, -0.2) is 24.5 Å². The van der Waals surface area contributed by atoms with Gasteiger partial charge in [0.05, 0.1) is 17.7 Å². The van der Waals surface area contributed by atoms with Crippen molar-refractivity contribution < 1.29 is 19.1 Å². The summed E-state index contributed by atoms with van der Waals surface area (Å²) in [5.41, 5.74) is 0.982. The molecule has 1 heterocycles. The van der Waals surface area contributed by atoms with Crippen LogP contribution in [0.15, 0.2) is 18.2 Å². The molecule has 0 unspecified atom stereocenters. The van der Waals surface area contributed by atoms with Gasteiger partial charge >= 0.3 is 6.09 Å². The van der Waals surface area contributed by atoms with Gasteiger partial charge in [-0.15, -0.1) is 0 Å². The Morgan fingerprint density at radius 2 is 1.95 bits per heavy atom. The van der Waals surface area contributed by atoms with Crippen LogP contribution in [0.25, 0.3) is 0 Å². The normalized spacial score (nSPS) is 13.2. The Balaban J connectivity index is 2.07. The molecule has 0 atom stereocenters. The maximum absolute atomic E-state index is 11.5. The molecule has 0 fully saturated rings. The number of benzene rings is 1. The lowest BCUT2D eigenvalue weighted by molar-refractivity contribution is 0.0879. The van der Waals surface area contributed by atoms with E-state index < -0.39 is 17.9 Å². The zero-order valence-corrected chi connectivity index (χ0v) is 10.6. The van der Waals surface area contributed by atoms with Crippen molar-refractivity contribution in [3.8, 4) is 0 Å². The van der Waals surface area contributed by atoms with Crippen LogP contribution in [0.5, 0.6) is 0 Å². The number of amides is 3. The number of nitrogens with one attached hydrogen (secondary N) is 2. The molecule has 1 aliphatic rings. The fraction of sp³-hybridized carbons (Fsp3) is 0.308. The molecule has 0 saturated carbocycles. The molecule has 3 amide bonds.